The Morgan fingerprint density at radius 1 is 0.869 bits per heavy atom. The minimum absolute atomic E-state index is 0.0608. The number of nitriles is 1. The average molecular weight is 846 g/mol. The molecule has 61 heavy (non-hydrogen) atoms. The van der Waals surface area contributed by atoms with Gasteiger partial charge in [0.05, 0.1) is 27.8 Å². The number of ether oxygens (including phenoxy) is 1. The van der Waals surface area contributed by atoms with E-state index in [1.54, 1.807) is 30.3 Å². The fourth-order valence-corrected chi connectivity index (χ4v) is 10.9. The number of piperidine rings is 3. The van der Waals surface area contributed by atoms with Crippen molar-refractivity contribution in [3.8, 4) is 11.8 Å². The number of carbonyl (C=O) groups is 5. The van der Waals surface area contributed by atoms with Gasteiger partial charge in [0.1, 0.15) is 17.9 Å². The van der Waals surface area contributed by atoms with Crippen LogP contribution in [0.4, 0.5) is 11.4 Å². The number of rotatable bonds is 9. The predicted octanol–water partition coefficient (Wildman–Crippen LogP) is 6.03. The summed E-state index contributed by atoms with van der Waals surface area (Å²) >= 11 is 6.22. The number of benzene rings is 3. The molecular weight excluding hydrogens is 794 g/mol. The normalized spacial score (nSPS) is 24.7. The maximum Gasteiger partial charge on any atom is 0.262 e. The number of anilines is 2. The number of fused-ring (bicyclic) bond motifs is 1. The summed E-state index contributed by atoms with van der Waals surface area (Å²) < 4.78 is 6.15. The van der Waals surface area contributed by atoms with Crippen LogP contribution in [0.2, 0.25) is 5.02 Å². The Bertz CT molecular complexity index is 2290. The number of likely N-dealkylation sites (tertiary alicyclic amines) is 2. The van der Waals surface area contributed by atoms with E-state index in [1.165, 1.54) is 12.8 Å². The number of carbonyl (C=O) groups excluding carboxylic acids is 5. The Morgan fingerprint density at radius 3 is 2.26 bits per heavy atom. The van der Waals surface area contributed by atoms with Gasteiger partial charge in [0.25, 0.3) is 17.7 Å². The van der Waals surface area contributed by atoms with Crippen LogP contribution in [0.3, 0.4) is 0 Å². The quantitative estimate of drug-likeness (QED) is 0.253. The van der Waals surface area contributed by atoms with Gasteiger partial charge in [0.15, 0.2) is 0 Å². The zero-order valence-electron chi connectivity index (χ0n) is 34.8. The lowest BCUT2D eigenvalue weighted by Crippen LogP contribution is -2.61. The molecule has 6 heterocycles. The van der Waals surface area contributed by atoms with Crippen molar-refractivity contribution in [2.45, 2.75) is 102 Å². The second kappa shape index (κ2) is 16.4. The molecule has 3 aromatic carbocycles. The molecule has 14 heteroatoms. The Balaban J connectivity index is 0.733. The molecule has 0 bridgehead atoms. The van der Waals surface area contributed by atoms with Crippen LogP contribution >= 0.6 is 11.6 Å². The molecule has 5 amide bonds. The van der Waals surface area contributed by atoms with E-state index in [0.717, 1.165) is 81.2 Å². The van der Waals surface area contributed by atoms with Gasteiger partial charge in [-0.15, -0.1) is 0 Å². The summed E-state index contributed by atoms with van der Waals surface area (Å²) in [6.07, 6.45) is 7.07. The molecule has 5 saturated heterocycles. The van der Waals surface area contributed by atoms with E-state index in [4.69, 9.17) is 16.3 Å². The molecule has 3 aromatic rings. The van der Waals surface area contributed by atoms with Gasteiger partial charge in [0.2, 0.25) is 11.8 Å². The van der Waals surface area contributed by atoms with E-state index in [-0.39, 0.29) is 42.8 Å². The first kappa shape index (κ1) is 40.9. The fourth-order valence-electron chi connectivity index (χ4n) is 10.7. The Kier molecular flexibility index (Phi) is 11.0. The summed E-state index contributed by atoms with van der Waals surface area (Å²) in [4.78, 5) is 75.0. The van der Waals surface area contributed by atoms with E-state index in [9.17, 15) is 29.2 Å². The average Bonchev–Trinajstić information content (AvgIpc) is 3.73. The van der Waals surface area contributed by atoms with Gasteiger partial charge in [-0.2, -0.15) is 5.26 Å². The highest BCUT2D eigenvalue weighted by Crippen LogP contribution is 2.44. The topological polar surface area (TPSA) is 147 Å². The summed E-state index contributed by atoms with van der Waals surface area (Å²) in [6.45, 7) is 10.1. The standard InChI is InChI=1S/C47H52ClN7O6/c1-29-3-7-36(23-30(2)61-37-11-6-32(26-49)40(48)25-37)54(29)44(58)31-4-8-33(9-5-31)53-27-47(28-53)17-21-52(22-18-47)34-15-19-51(20-16-34)35-10-12-38-39(24-35)46(60)55(45(38)59)41-13-14-42(56)50-43(41)57/h4-6,8-12,24-25,29-30,34,36,41H,3,7,13-23,27-28H2,1-2H3,(H,50,56,57). The second-order valence-corrected chi connectivity index (χ2v) is 18.5. The molecule has 13 nitrogen and oxygen atoms in total. The van der Waals surface area contributed by atoms with Crippen LogP contribution in [-0.2, 0) is 9.59 Å². The minimum atomic E-state index is -0.968. The minimum Gasteiger partial charge on any atom is -0.491 e. The van der Waals surface area contributed by atoms with Gasteiger partial charge < -0.3 is 24.3 Å². The van der Waals surface area contributed by atoms with Crippen LogP contribution in [0, 0.1) is 16.7 Å². The summed E-state index contributed by atoms with van der Waals surface area (Å²) in [5, 5.41) is 11.8. The van der Waals surface area contributed by atoms with Gasteiger partial charge in [-0.25, -0.2) is 0 Å². The SMILES string of the molecule is CC(CC1CCC(C)N1C(=O)c1ccc(N2CC3(CCN(C4CCN(c5ccc6c(c5)C(=O)N(C5CCC(=O)NC5=O)C6=O)CC4)CC3)C2)cc1)Oc1ccc(C#N)c(Cl)c1. The second-order valence-electron chi connectivity index (χ2n) is 18.0. The molecule has 0 radical (unpaired) electrons. The maximum atomic E-state index is 13.9. The molecule has 6 aliphatic heterocycles. The molecule has 4 atom stereocenters. The lowest BCUT2D eigenvalue weighted by Gasteiger charge is -2.56. The van der Waals surface area contributed by atoms with Crippen molar-refractivity contribution in [2.24, 2.45) is 5.41 Å². The summed E-state index contributed by atoms with van der Waals surface area (Å²) in [5.41, 5.74) is 4.14. The van der Waals surface area contributed by atoms with Crippen molar-refractivity contribution < 1.29 is 28.7 Å². The number of halogens is 1. The lowest BCUT2D eigenvalue weighted by molar-refractivity contribution is -0.136. The predicted molar refractivity (Wildman–Crippen MR) is 230 cm³/mol. The van der Waals surface area contributed by atoms with Crippen LogP contribution in [-0.4, -0.2) is 114 Å². The Morgan fingerprint density at radius 2 is 1.57 bits per heavy atom. The number of amides is 5. The highest BCUT2D eigenvalue weighted by Gasteiger charge is 2.47. The lowest BCUT2D eigenvalue weighted by atomic mass is 9.71. The van der Waals surface area contributed by atoms with Crippen molar-refractivity contribution in [3.05, 3.63) is 87.9 Å². The van der Waals surface area contributed by atoms with E-state index in [1.807, 2.05) is 30.0 Å². The third-order valence-corrected chi connectivity index (χ3v) is 14.5. The number of hydrogen-bond acceptors (Lipinski definition) is 10. The molecule has 6 aliphatic rings. The van der Waals surface area contributed by atoms with Crippen LogP contribution < -0.4 is 19.9 Å². The van der Waals surface area contributed by atoms with Gasteiger partial charge in [-0.3, -0.25) is 34.2 Å². The molecule has 0 aliphatic carbocycles. The molecule has 1 spiro atoms. The van der Waals surface area contributed by atoms with Gasteiger partial charge in [-0.05, 0) is 126 Å². The molecule has 1 N–H and O–H groups in total. The summed E-state index contributed by atoms with van der Waals surface area (Å²) in [6, 6.07) is 20.5. The number of nitrogens with zero attached hydrogens (tertiary/aromatic N) is 6. The fraction of sp³-hybridized carbons (Fsp3) is 0.489. The largest absolute Gasteiger partial charge is 0.491 e. The van der Waals surface area contributed by atoms with Crippen molar-refractivity contribution in [1.29, 1.82) is 5.26 Å². The van der Waals surface area contributed by atoms with E-state index in [2.05, 4.69) is 45.1 Å². The Hall–Kier alpha value is -5.45. The monoisotopic (exact) mass is 845 g/mol. The molecule has 4 unspecified atom stereocenters. The van der Waals surface area contributed by atoms with Crippen molar-refractivity contribution in [2.75, 3.05) is 49.1 Å². The van der Waals surface area contributed by atoms with Crippen LogP contribution in [0.25, 0.3) is 0 Å². The Labute approximate surface area is 361 Å². The van der Waals surface area contributed by atoms with E-state index >= 15 is 0 Å². The molecule has 318 valence electrons. The van der Waals surface area contributed by atoms with E-state index in [0.29, 0.717) is 50.9 Å². The van der Waals surface area contributed by atoms with Crippen LogP contribution in [0.15, 0.2) is 60.7 Å². The van der Waals surface area contributed by atoms with Crippen molar-refractivity contribution in [1.82, 2.24) is 20.0 Å². The highest BCUT2D eigenvalue weighted by atomic mass is 35.5. The first-order chi connectivity index (χ1) is 29.4. The number of nitrogens with one attached hydrogen (secondary N) is 1. The first-order valence-corrected chi connectivity index (χ1v) is 22.2. The highest BCUT2D eigenvalue weighted by molar-refractivity contribution is 6.31. The zero-order valence-corrected chi connectivity index (χ0v) is 35.5. The molecular formula is C47H52ClN7O6. The third-order valence-electron chi connectivity index (χ3n) is 14.2. The molecule has 5 fully saturated rings. The molecule has 0 saturated carbocycles. The number of imide groups is 2. The van der Waals surface area contributed by atoms with Crippen LogP contribution in [0.5, 0.6) is 5.75 Å². The summed E-state index contributed by atoms with van der Waals surface area (Å²) in [7, 11) is 0. The van der Waals surface area contributed by atoms with Crippen molar-refractivity contribution >= 4 is 52.5 Å². The van der Waals surface area contributed by atoms with Gasteiger partial charge in [-0.1, -0.05) is 11.6 Å². The number of hydrogen-bond donors (Lipinski definition) is 1. The first-order valence-electron chi connectivity index (χ1n) is 21.8. The molecule has 0 aromatic heterocycles. The maximum absolute atomic E-state index is 13.9. The van der Waals surface area contributed by atoms with Crippen LogP contribution in [0.1, 0.15) is 108 Å². The van der Waals surface area contributed by atoms with Gasteiger partial charge >= 0.3 is 0 Å². The van der Waals surface area contributed by atoms with Gasteiger partial charge in [0, 0.05) is 85.6 Å². The molecule has 9 rings (SSSR count). The summed E-state index contributed by atoms with van der Waals surface area (Å²) in [5.74, 6) is -1.26. The smallest absolute Gasteiger partial charge is 0.262 e. The van der Waals surface area contributed by atoms with Crippen molar-refractivity contribution in [3.63, 3.8) is 0 Å². The zero-order chi connectivity index (χ0) is 42.6. The third kappa shape index (κ3) is 7.85. The van der Waals surface area contributed by atoms with E-state index < -0.39 is 23.8 Å².